The molecule has 0 saturated carbocycles. The van der Waals surface area contributed by atoms with E-state index in [2.05, 4.69) is 11.2 Å². The predicted molar refractivity (Wildman–Crippen MR) is 66.2 cm³/mol. The highest BCUT2D eigenvalue weighted by Gasteiger charge is 2.33. The molecule has 6 heteroatoms. The third-order valence-corrected chi connectivity index (χ3v) is 3.75. The van der Waals surface area contributed by atoms with E-state index in [9.17, 15) is 4.79 Å². The number of ether oxygens (including phenoxy) is 1. The zero-order valence-electron chi connectivity index (χ0n) is 10.7. The van der Waals surface area contributed by atoms with Gasteiger partial charge in [-0.2, -0.15) is 10.4 Å². The van der Waals surface area contributed by atoms with E-state index in [4.69, 9.17) is 10.00 Å². The Morgan fingerprint density at radius 1 is 1.58 bits per heavy atom. The standard InChI is InChI=1S/C13H16N4O2/c14-5-10-6-15-17(7-10)11-8-16(9-11)13(18)4-12-2-1-3-19-12/h6-7,11-12H,1-4,8-9H2. The van der Waals surface area contributed by atoms with Crippen LogP contribution in [0.5, 0.6) is 0 Å². The van der Waals surface area contributed by atoms with Gasteiger partial charge in [0.15, 0.2) is 0 Å². The number of carbonyl (C=O) groups excluding carboxylic acids is 1. The fraction of sp³-hybridized carbons (Fsp3) is 0.615. The number of hydrogen-bond acceptors (Lipinski definition) is 4. The molecule has 2 aliphatic heterocycles. The van der Waals surface area contributed by atoms with Gasteiger partial charge in [-0.05, 0) is 12.8 Å². The first kappa shape index (κ1) is 12.2. The summed E-state index contributed by atoms with van der Waals surface area (Å²) >= 11 is 0. The largest absolute Gasteiger partial charge is 0.378 e. The van der Waals surface area contributed by atoms with Gasteiger partial charge >= 0.3 is 0 Å². The van der Waals surface area contributed by atoms with Gasteiger partial charge in [-0.1, -0.05) is 0 Å². The lowest BCUT2D eigenvalue weighted by atomic mass is 10.1. The molecule has 3 rings (SSSR count). The van der Waals surface area contributed by atoms with E-state index >= 15 is 0 Å². The molecule has 1 unspecified atom stereocenters. The molecule has 0 bridgehead atoms. The molecule has 3 heterocycles. The smallest absolute Gasteiger partial charge is 0.225 e. The van der Waals surface area contributed by atoms with Gasteiger partial charge in [0.2, 0.25) is 5.91 Å². The molecule has 2 saturated heterocycles. The van der Waals surface area contributed by atoms with Crippen LogP contribution in [0.2, 0.25) is 0 Å². The predicted octanol–water partition coefficient (Wildman–Crippen LogP) is 0.707. The van der Waals surface area contributed by atoms with Crippen molar-refractivity contribution in [3.8, 4) is 6.07 Å². The minimum absolute atomic E-state index is 0.112. The van der Waals surface area contributed by atoms with Gasteiger partial charge in [-0.3, -0.25) is 9.48 Å². The Hall–Kier alpha value is -1.87. The van der Waals surface area contributed by atoms with E-state index < -0.39 is 0 Å². The van der Waals surface area contributed by atoms with Crippen LogP contribution in [0.3, 0.4) is 0 Å². The third-order valence-electron chi connectivity index (χ3n) is 3.75. The summed E-state index contributed by atoms with van der Waals surface area (Å²) in [5.41, 5.74) is 0.559. The van der Waals surface area contributed by atoms with Crippen molar-refractivity contribution in [1.29, 1.82) is 5.26 Å². The summed E-state index contributed by atoms with van der Waals surface area (Å²) < 4.78 is 7.24. The van der Waals surface area contributed by atoms with Gasteiger partial charge in [0.1, 0.15) is 6.07 Å². The molecule has 0 aliphatic carbocycles. The summed E-state index contributed by atoms with van der Waals surface area (Å²) in [6.45, 7) is 2.14. The number of nitrogens with zero attached hydrogens (tertiary/aromatic N) is 4. The maximum Gasteiger partial charge on any atom is 0.225 e. The lowest BCUT2D eigenvalue weighted by Crippen LogP contribution is -2.51. The highest BCUT2D eigenvalue weighted by molar-refractivity contribution is 5.77. The first-order valence-electron chi connectivity index (χ1n) is 6.60. The fourth-order valence-corrected chi connectivity index (χ4v) is 2.55. The summed E-state index contributed by atoms with van der Waals surface area (Å²) in [5, 5.41) is 12.9. The van der Waals surface area contributed by atoms with Crippen molar-refractivity contribution in [2.24, 2.45) is 0 Å². The van der Waals surface area contributed by atoms with Crippen molar-refractivity contribution in [1.82, 2.24) is 14.7 Å². The van der Waals surface area contributed by atoms with Crippen molar-refractivity contribution < 1.29 is 9.53 Å². The van der Waals surface area contributed by atoms with Crippen molar-refractivity contribution in [3.63, 3.8) is 0 Å². The van der Waals surface area contributed by atoms with E-state index in [-0.39, 0.29) is 18.1 Å². The van der Waals surface area contributed by atoms with Crippen molar-refractivity contribution >= 4 is 5.91 Å². The second kappa shape index (κ2) is 5.02. The molecule has 1 aromatic heterocycles. The number of hydrogen-bond donors (Lipinski definition) is 0. The highest BCUT2D eigenvalue weighted by Crippen LogP contribution is 2.24. The fourth-order valence-electron chi connectivity index (χ4n) is 2.55. The molecule has 19 heavy (non-hydrogen) atoms. The lowest BCUT2D eigenvalue weighted by molar-refractivity contribution is -0.139. The molecule has 1 aromatic rings. The number of rotatable bonds is 3. The van der Waals surface area contributed by atoms with Crippen LogP contribution in [-0.2, 0) is 9.53 Å². The summed E-state index contributed by atoms with van der Waals surface area (Å²) in [4.78, 5) is 13.8. The average molecular weight is 260 g/mol. The Morgan fingerprint density at radius 3 is 3.05 bits per heavy atom. The molecule has 0 aromatic carbocycles. The number of aromatic nitrogens is 2. The number of nitriles is 1. The van der Waals surface area contributed by atoms with Crippen molar-refractivity contribution in [2.75, 3.05) is 19.7 Å². The Labute approximate surface area is 111 Å². The molecular formula is C13H16N4O2. The third kappa shape index (κ3) is 2.47. The van der Waals surface area contributed by atoms with E-state index in [0.29, 0.717) is 25.1 Å². The average Bonchev–Trinajstić information content (AvgIpc) is 2.98. The molecule has 1 amide bonds. The topological polar surface area (TPSA) is 71.2 Å². The number of amides is 1. The van der Waals surface area contributed by atoms with E-state index in [1.54, 1.807) is 17.1 Å². The first-order chi connectivity index (χ1) is 9.26. The van der Waals surface area contributed by atoms with Gasteiger partial charge in [0.05, 0.1) is 30.3 Å². The van der Waals surface area contributed by atoms with Crippen molar-refractivity contribution in [3.05, 3.63) is 18.0 Å². The monoisotopic (exact) mass is 260 g/mol. The SMILES string of the molecule is N#Cc1cnn(C2CN(C(=O)CC3CCCO3)C2)c1. The van der Waals surface area contributed by atoms with Crippen molar-refractivity contribution in [2.45, 2.75) is 31.4 Å². The summed E-state index contributed by atoms with van der Waals surface area (Å²) in [5.74, 6) is 0.163. The Bertz CT molecular complexity index is 507. The van der Waals surface area contributed by atoms with Crippen LogP contribution in [0.4, 0.5) is 0 Å². The van der Waals surface area contributed by atoms with Crippen LogP contribution in [-0.4, -0.2) is 46.4 Å². The van der Waals surface area contributed by atoms with Crippen LogP contribution >= 0.6 is 0 Å². The Kier molecular flexibility index (Phi) is 3.22. The van der Waals surface area contributed by atoms with Crippen LogP contribution in [0.25, 0.3) is 0 Å². The summed E-state index contributed by atoms with van der Waals surface area (Å²) in [6.07, 6.45) is 5.94. The summed E-state index contributed by atoms with van der Waals surface area (Å²) in [7, 11) is 0. The molecule has 6 nitrogen and oxygen atoms in total. The molecule has 0 N–H and O–H groups in total. The minimum atomic E-state index is 0.112. The molecule has 2 aliphatic rings. The Morgan fingerprint density at radius 2 is 2.42 bits per heavy atom. The molecule has 100 valence electrons. The van der Waals surface area contributed by atoms with Crippen LogP contribution in [0.15, 0.2) is 12.4 Å². The molecule has 0 spiro atoms. The van der Waals surface area contributed by atoms with Gasteiger partial charge in [-0.15, -0.1) is 0 Å². The first-order valence-corrected chi connectivity index (χ1v) is 6.60. The maximum absolute atomic E-state index is 12.0. The minimum Gasteiger partial charge on any atom is -0.378 e. The van der Waals surface area contributed by atoms with Gasteiger partial charge in [-0.25, -0.2) is 0 Å². The van der Waals surface area contributed by atoms with E-state index in [0.717, 1.165) is 19.4 Å². The molecular weight excluding hydrogens is 244 g/mol. The van der Waals surface area contributed by atoms with Crippen LogP contribution in [0, 0.1) is 11.3 Å². The second-order valence-corrected chi connectivity index (χ2v) is 5.11. The van der Waals surface area contributed by atoms with E-state index in [1.165, 1.54) is 0 Å². The zero-order chi connectivity index (χ0) is 13.2. The molecule has 2 fully saturated rings. The lowest BCUT2D eigenvalue weighted by Gasteiger charge is -2.39. The van der Waals surface area contributed by atoms with Gasteiger partial charge in [0.25, 0.3) is 0 Å². The maximum atomic E-state index is 12.0. The summed E-state index contributed by atoms with van der Waals surface area (Å²) in [6, 6.07) is 2.26. The quantitative estimate of drug-likeness (QED) is 0.802. The Balaban J connectivity index is 1.49. The highest BCUT2D eigenvalue weighted by atomic mass is 16.5. The van der Waals surface area contributed by atoms with E-state index in [1.807, 2.05) is 4.90 Å². The van der Waals surface area contributed by atoms with Gasteiger partial charge < -0.3 is 9.64 Å². The molecule has 1 atom stereocenters. The number of likely N-dealkylation sites (tertiary alicyclic amines) is 1. The van der Waals surface area contributed by atoms with Gasteiger partial charge in [0, 0.05) is 25.9 Å². The zero-order valence-corrected chi connectivity index (χ0v) is 10.7. The van der Waals surface area contributed by atoms with Crippen LogP contribution < -0.4 is 0 Å². The number of carbonyl (C=O) groups is 1. The second-order valence-electron chi connectivity index (χ2n) is 5.11. The molecule has 0 radical (unpaired) electrons. The normalized spacial score (nSPS) is 23.1. The van der Waals surface area contributed by atoms with Crippen LogP contribution in [0.1, 0.15) is 30.9 Å².